The molecule has 1 saturated heterocycles. The predicted octanol–water partition coefficient (Wildman–Crippen LogP) is 1.66. The van der Waals surface area contributed by atoms with Gasteiger partial charge in [-0.2, -0.15) is 0 Å². The van der Waals surface area contributed by atoms with E-state index in [1.807, 2.05) is 24.3 Å². The quantitative estimate of drug-likeness (QED) is 0.501. The predicted molar refractivity (Wildman–Crippen MR) is 111 cm³/mol. The molecule has 2 N–H and O–H groups in total. The van der Waals surface area contributed by atoms with Gasteiger partial charge in [0.15, 0.2) is 0 Å². The highest BCUT2D eigenvalue weighted by molar-refractivity contribution is 9.10. The second-order valence-electron chi connectivity index (χ2n) is 5.90. The Balaban J connectivity index is 0.00000312. The Morgan fingerprint density at radius 3 is 2.23 bits per heavy atom. The van der Waals surface area contributed by atoms with Gasteiger partial charge in [-0.3, -0.25) is 9.80 Å². The van der Waals surface area contributed by atoms with E-state index in [-0.39, 0.29) is 31.4 Å². The maximum absolute atomic E-state index is 10.1. The van der Waals surface area contributed by atoms with Gasteiger partial charge in [0.25, 0.3) is 0 Å². The van der Waals surface area contributed by atoms with Crippen molar-refractivity contribution in [2.75, 3.05) is 65.7 Å². The fraction of sp³-hybridized carbons (Fsp3) is 0.647. The number of nitrogens with zero attached hydrogens (tertiary/aromatic N) is 2. The molecule has 0 aliphatic carbocycles. The van der Waals surface area contributed by atoms with Crippen molar-refractivity contribution in [3.05, 3.63) is 28.7 Å². The normalized spacial score (nSPS) is 16.4. The van der Waals surface area contributed by atoms with E-state index in [1.165, 1.54) is 0 Å². The Morgan fingerprint density at radius 2 is 1.62 bits per heavy atom. The van der Waals surface area contributed by atoms with Crippen molar-refractivity contribution in [1.82, 2.24) is 9.80 Å². The Hall–Kier alpha value is -0.120. The van der Waals surface area contributed by atoms with Crippen LogP contribution in [0, 0.1) is 0 Å². The maximum Gasteiger partial charge on any atom is 0.119 e. The number of hydrogen-bond donors (Lipinski definition) is 2. The van der Waals surface area contributed by atoms with E-state index in [0.29, 0.717) is 26.4 Å². The topological polar surface area (TPSA) is 65.4 Å². The molecule has 2 rings (SSSR count). The standard InChI is InChI=1S/C17H27BrN2O4.2ClH/c18-15-1-3-17(4-2-15)24-12-11-23-14-16(22)13-20-7-5-19(6-8-20)9-10-21;;/h1-4,16,21-22H,5-14H2;2*1H. The van der Waals surface area contributed by atoms with E-state index in [1.54, 1.807) is 0 Å². The molecule has 1 aromatic rings. The van der Waals surface area contributed by atoms with E-state index in [0.717, 1.165) is 42.9 Å². The molecule has 1 aliphatic heterocycles. The van der Waals surface area contributed by atoms with Crippen molar-refractivity contribution in [2.24, 2.45) is 0 Å². The summed E-state index contributed by atoms with van der Waals surface area (Å²) in [5, 5.41) is 19.0. The molecular formula is C17H29BrCl2N2O4. The summed E-state index contributed by atoms with van der Waals surface area (Å²) in [4.78, 5) is 4.47. The summed E-state index contributed by atoms with van der Waals surface area (Å²) in [7, 11) is 0. The smallest absolute Gasteiger partial charge is 0.119 e. The van der Waals surface area contributed by atoms with E-state index in [9.17, 15) is 5.11 Å². The van der Waals surface area contributed by atoms with Gasteiger partial charge < -0.3 is 19.7 Å². The van der Waals surface area contributed by atoms with E-state index >= 15 is 0 Å². The number of halogens is 3. The first kappa shape index (κ1) is 25.9. The molecule has 0 amide bonds. The van der Waals surface area contributed by atoms with Gasteiger partial charge in [0.05, 0.1) is 25.9 Å². The number of piperazine rings is 1. The number of aliphatic hydroxyl groups is 2. The lowest BCUT2D eigenvalue weighted by Crippen LogP contribution is -2.49. The van der Waals surface area contributed by atoms with Gasteiger partial charge in [-0.1, -0.05) is 15.9 Å². The lowest BCUT2D eigenvalue weighted by Gasteiger charge is -2.35. The zero-order valence-electron chi connectivity index (χ0n) is 14.8. The monoisotopic (exact) mass is 474 g/mol. The molecule has 1 atom stereocenters. The lowest BCUT2D eigenvalue weighted by atomic mass is 10.2. The average Bonchev–Trinajstić information content (AvgIpc) is 2.58. The minimum atomic E-state index is -0.484. The highest BCUT2D eigenvalue weighted by atomic mass is 79.9. The van der Waals surface area contributed by atoms with Crippen LogP contribution in [0.15, 0.2) is 28.7 Å². The summed E-state index contributed by atoms with van der Waals surface area (Å²) in [5.41, 5.74) is 0. The van der Waals surface area contributed by atoms with Crippen LogP contribution < -0.4 is 4.74 Å². The van der Waals surface area contributed by atoms with Crippen LogP contribution in [0.2, 0.25) is 0 Å². The Kier molecular flexibility index (Phi) is 14.8. The van der Waals surface area contributed by atoms with Crippen LogP contribution in [0.3, 0.4) is 0 Å². The minimum absolute atomic E-state index is 0. The fourth-order valence-corrected chi connectivity index (χ4v) is 2.92. The van der Waals surface area contributed by atoms with E-state index in [2.05, 4.69) is 25.7 Å². The zero-order chi connectivity index (χ0) is 17.2. The van der Waals surface area contributed by atoms with E-state index < -0.39 is 6.10 Å². The van der Waals surface area contributed by atoms with Crippen molar-refractivity contribution in [2.45, 2.75) is 6.10 Å². The molecule has 6 nitrogen and oxygen atoms in total. The Morgan fingerprint density at radius 1 is 1.00 bits per heavy atom. The van der Waals surface area contributed by atoms with Gasteiger partial charge in [-0.25, -0.2) is 0 Å². The highest BCUT2D eigenvalue weighted by Crippen LogP contribution is 2.15. The molecule has 1 fully saturated rings. The molecule has 0 bridgehead atoms. The Bertz CT molecular complexity index is 463. The Labute approximate surface area is 176 Å². The summed E-state index contributed by atoms with van der Waals surface area (Å²) in [6.07, 6.45) is -0.484. The summed E-state index contributed by atoms with van der Waals surface area (Å²) in [6, 6.07) is 7.66. The first-order valence-electron chi connectivity index (χ1n) is 8.37. The van der Waals surface area contributed by atoms with Crippen LogP contribution >= 0.6 is 40.7 Å². The molecule has 0 saturated carbocycles. The molecule has 26 heavy (non-hydrogen) atoms. The van der Waals surface area contributed by atoms with E-state index in [4.69, 9.17) is 14.6 Å². The third-order valence-corrected chi connectivity index (χ3v) is 4.50. The van der Waals surface area contributed by atoms with Gasteiger partial charge >= 0.3 is 0 Å². The molecule has 152 valence electrons. The van der Waals surface area contributed by atoms with Crippen LogP contribution in [0.4, 0.5) is 0 Å². The number of benzene rings is 1. The van der Waals surface area contributed by atoms with Crippen LogP contribution in [-0.4, -0.2) is 91.8 Å². The fourth-order valence-electron chi connectivity index (χ4n) is 2.66. The molecule has 1 aromatic carbocycles. The minimum Gasteiger partial charge on any atom is -0.491 e. The number of hydrogen-bond acceptors (Lipinski definition) is 6. The van der Waals surface area contributed by atoms with Crippen LogP contribution in [0.1, 0.15) is 0 Å². The van der Waals surface area contributed by atoms with Gasteiger partial charge in [0.1, 0.15) is 12.4 Å². The molecule has 0 spiro atoms. The van der Waals surface area contributed by atoms with Crippen LogP contribution in [-0.2, 0) is 4.74 Å². The van der Waals surface area contributed by atoms with Gasteiger partial charge in [-0.05, 0) is 24.3 Å². The molecule has 1 unspecified atom stereocenters. The summed E-state index contributed by atoms with van der Waals surface area (Å²) in [5.74, 6) is 0.808. The first-order chi connectivity index (χ1) is 11.7. The number of aliphatic hydroxyl groups excluding tert-OH is 2. The third-order valence-electron chi connectivity index (χ3n) is 3.97. The summed E-state index contributed by atoms with van der Waals surface area (Å²) in [6.45, 7) is 6.53. The molecule has 1 heterocycles. The summed E-state index contributed by atoms with van der Waals surface area (Å²) >= 11 is 3.38. The van der Waals surface area contributed by atoms with Gasteiger partial charge in [0, 0.05) is 43.7 Å². The maximum atomic E-state index is 10.1. The average molecular weight is 476 g/mol. The number of ether oxygens (including phenoxy) is 2. The number of rotatable bonds is 10. The van der Waals surface area contributed by atoms with Crippen molar-refractivity contribution < 1.29 is 19.7 Å². The second kappa shape index (κ2) is 14.9. The van der Waals surface area contributed by atoms with Gasteiger partial charge in [-0.15, -0.1) is 24.8 Å². The summed E-state index contributed by atoms with van der Waals surface area (Å²) < 4.78 is 12.1. The van der Waals surface area contributed by atoms with Crippen LogP contribution in [0.5, 0.6) is 5.75 Å². The second-order valence-corrected chi connectivity index (χ2v) is 6.81. The highest BCUT2D eigenvalue weighted by Gasteiger charge is 2.18. The number of β-amino-alcohol motifs (C(OH)–C–C–N with tert-alkyl or cyclic N) is 2. The van der Waals surface area contributed by atoms with Crippen molar-refractivity contribution >= 4 is 40.7 Å². The van der Waals surface area contributed by atoms with Crippen molar-refractivity contribution in [3.8, 4) is 5.75 Å². The van der Waals surface area contributed by atoms with Gasteiger partial charge in [0.2, 0.25) is 0 Å². The molecule has 9 heteroatoms. The SMILES string of the molecule is Cl.Cl.OCCN1CCN(CC(O)COCCOc2ccc(Br)cc2)CC1. The molecule has 0 radical (unpaired) electrons. The third kappa shape index (κ3) is 10.3. The van der Waals surface area contributed by atoms with Crippen molar-refractivity contribution in [3.63, 3.8) is 0 Å². The van der Waals surface area contributed by atoms with Crippen LogP contribution in [0.25, 0.3) is 0 Å². The molecular weight excluding hydrogens is 447 g/mol. The largest absolute Gasteiger partial charge is 0.491 e. The first-order valence-corrected chi connectivity index (χ1v) is 9.16. The molecule has 0 aromatic heterocycles. The van der Waals surface area contributed by atoms with Crippen molar-refractivity contribution in [1.29, 1.82) is 0 Å². The molecule has 1 aliphatic rings. The lowest BCUT2D eigenvalue weighted by molar-refractivity contribution is -0.000763. The zero-order valence-corrected chi connectivity index (χ0v) is 18.0.